The van der Waals surface area contributed by atoms with Crippen LogP contribution < -0.4 is 5.32 Å². The van der Waals surface area contributed by atoms with Crippen molar-refractivity contribution in [2.45, 2.75) is 24.8 Å². The number of benzene rings is 3. The van der Waals surface area contributed by atoms with Crippen molar-refractivity contribution in [3.8, 4) is 0 Å². The number of carbonyl (C=O) groups is 1. The average molecular weight is 477 g/mol. The van der Waals surface area contributed by atoms with Gasteiger partial charge in [0, 0.05) is 12.2 Å². The van der Waals surface area contributed by atoms with Crippen LogP contribution in [0.3, 0.4) is 0 Å². The van der Waals surface area contributed by atoms with E-state index in [-0.39, 0.29) is 18.0 Å². The van der Waals surface area contributed by atoms with Gasteiger partial charge in [0.2, 0.25) is 15.9 Å². The zero-order valence-electron chi connectivity index (χ0n) is 16.9. The monoisotopic (exact) mass is 476 g/mol. The molecule has 3 rings (SSSR count). The zero-order chi connectivity index (χ0) is 22.4. The van der Waals surface area contributed by atoms with E-state index in [1.165, 1.54) is 12.1 Å². The van der Waals surface area contributed by atoms with E-state index >= 15 is 0 Å². The Hall–Kier alpha value is -2.38. The minimum Gasteiger partial charge on any atom is -0.325 e. The zero-order valence-corrected chi connectivity index (χ0v) is 19.2. The van der Waals surface area contributed by atoms with Crippen LogP contribution in [0.15, 0.2) is 77.7 Å². The van der Waals surface area contributed by atoms with Gasteiger partial charge in [-0.05, 0) is 47.9 Å². The molecular weight excluding hydrogens is 455 g/mol. The summed E-state index contributed by atoms with van der Waals surface area (Å²) in [5.41, 5.74) is 2.26. The van der Waals surface area contributed by atoms with Crippen LogP contribution in [0.1, 0.15) is 18.1 Å². The predicted molar refractivity (Wildman–Crippen MR) is 125 cm³/mol. The van der Waals surface area contributed by atoms with Gasteiger partial charge >= 0.3 is 0 Å². The molecule has 0 aliphatic rings. The second kappa shape index (κ2) is 10.3. The maximum Gasteiger partial charge on any atom is 0.243 e. The SMILES string of the molecule is CCc1ccccc1NC(=O)CN(Cc1ccc(Cl)c(Cl)c1)S(=O)(=O)c1ccccc1. The Morgan fingerprint density at radius 1 is 0.935 bits per heavy atom. The van der Waals surface area contributed by atoms with E-state index in [0.717, 1.165) is 16.3 Å². The maximum atomic E-state index is 13.3. The smallest absolute Gasteiger partial charge is 0.243 e. The van der Waals surface area contributed by atoms with E-state index in [9.17, 15) is 13.2 Å². The average Bonchev–Trinajstić information content (AvgIpc) is 2.76. The molecule has 0 saturated carbocycles. The first-order valence-electron chi connectivity index (χ1n) is 9.68. The van der Waals surface area contributed by atoms with Crippen molar-refractivity contribution in [2.24, 2.45) is 0 Å². The summed E-state index contributed by atoms with van der Waals surface area (Å²) in [5.74, 6) is -0.430. The minimum absolute atomic E-state index is 0.0308. The molecular formula is C23H22Cl2N2O3S. The molecule has 1 amide bonds. The largest absolute Gasteiger partial charge is 0.325 e. The van der Waals surface area contributed by atoms with Gasteiger partial charge in [-0.2, -0.15) is 4.31 Å². The van der Waals surface area contributed by atoms with Crippen LogP contribution in [-0.2, 0) is 27.8 Å². The summed E-state index contributed by atoms with van der Waals surface area (Å²) in [4.78, 5) is 12.9. The van der Waals surface area contributed by atoms with Crippen LogP contribution in [0, 0.1) is 0 Å². The summed E-state index contributed by atoms with van der Waals surface area (Å²) in [6, 6.07) is 20.3. The first kappa shape index (κ1) is 23.3. The van der Waals surface area contributed by atoms with Gasteiger partial charge in [-0.1, -0.05) is 72.6 Å². The second-order valence-corrected chi connectivity index (χ2v) is 9.65. The summed E-state index contributed by atoms with van der Waals surface area (Å²) in [6.07, 6.45) is 0.742. The number of amides is 1. The number of halogens is 2. The molecule has 0 aliphatic heterocycles. The van der Waals surface area contributed by atoms with Crippen molar-refractivity contribution < 1.29 is 13.2 Å². The van der Waals surface area contributed by atoms with Crippen molar-refractivity contribution in [1.29, 1.82) is 0 Å². The third-order valence-electron chi connectivity index (χ3n) is 4.72. The fourth-order valence-electron chi connectivity index (χ4n) is 3.11. The summed E-state index contributed by atoms with van der Waals surface area (Å²) in [5, 5.41) is 3.52. The lowest BCUT2D eigenvalue weighted by atomic mass is 10.1. The number of nitrogens with one attached hydrogen (secondary N) is 1. The van der Waals surface area contributed by atoms with Gasteiger partial charge in [0.05, 0.1) is 21.5 Å². The molecule has 0 fully saturated rings. The number of para-hydroxylation sites is 1. The summed E-state index contributed by atoms with van der Waals surface area (Å²) in [6.45, 7) is 1.61. The normalized spacial score (nSPS) is 11.5. The van der Waals surface area contributed by atoms with E-state index in [4.69, 9.17) is 23.2 Å². The lowest BCUT2D eigenvalue weighted by molar-refractivity contribution is -0.116. The molecule has 0 spiro atoms. The van der Waals surface area contributed by atoms with Gasteiger partial charge in [-0.15, -0.1) is 0 Å². The van der Waals surface area contributed by atoms with Gasteiger partial charge in [-0.3, -0.25) is 4.79 Å². The fraction of sp³-hybridized carbons (Fsp3) is 0.174. The number of hydrogen-bond acceptors (Lipinski definition) is 3. The molecule has 1 N–H and O–H groups in total. The minimum atomic E-state index is -3.93. The molecule has 3 aromatic rings. The van der Waals surface area contributed by atoms with Crippen molar-refractivity contribution in [2.75, 3.05) is 11.9 Å². The third kappa shape index (κ3) is 5.86. The molecule has 0 atom stereocenters. The van der Waals surface area contributed by atoms with Crippen molar-refractivity contribution in [1.82, 2.24) is 4.31 Å². The first-order chi connectivity index (χ1) is 14.8. The van der Waals surface area contributed by atoms with E-state index < -0.39 is 15.9 Å². The van der Waals surface area contributed by atoms with Crippen molar-refractivity contribution in [3.05, 3.63) is 94.0 Å². The summed E-state index contributed by atoms with van der Waals surface area (Å²) in [7, 11) is -3.93. The highest BCUT2D eigenvalue weighted by atomic mass is 35.5. The molecule has 3 aromatic carbocycles. The van der Waals surface area contributed by atoms with Gasteiger partial charge in [0.1, 0.15) is 0 Å². The van der Waals surface area contributed by atoms with E-state index in [2.05, 4.69) is 5.32 Å². The summed E-state index contributed by atoms with van der Waals surface area (Å²) < 4.78 is 27.7. The number of rotatable bonds is 8. The number of carbonyl (C=O) groups excluding carboxylic acids is 1. The van der Waals surface area contributed by atoms with E-state index in [1.54, 1.807) is 42.5 Å². The topological polar surface area (TPSA) is 66.5 Å². The van der Waals surface area contributed by atoms with Crippen LogP contribution in [0.5, 0.6) is 0 Å². The van der Waals surface area contributed by atoms with Crippen LogP contribution in [0.2, 0.25) is 10.0 Å². The number of sulfonamides is 1. The highest BCUT2D eigenvalue weighted by Crippen LogP contribution is 2.25. The number of hydrogen-bond donors (Lipinski definition) is 1. The van der Waals surface area contributed by atoms with Crippen LogP contribution in [0.4, 0.5) is 5.69 Å². The lowest BCUT2D eigenvalue weighted by Gasteiger charge is -2.22. The Kier molecular flexibility index (Phi) is 7.73. The molecule has 0 aliphatic carbocycles. The van der Waals surface area contributed by atoms with Gasteiger partial charge < -0.3 is 5.32 Å². The Morgan fingerprint density at radius 2 is 1.61 bits per heavy atom. The number of aryl methyl sites for hydroxylation is 1. The highest BCUT2D eigenvalue weighted by molar-refractivity contribution is 7.89. The van der Waals surface area contributed by atoms with Gasteiger partial charge in [0.15, 0.2) is 0 Å². The Bertz CT molecular complexity index is 1170. The molecule has 31 heavy (non-hydrogen) atoms. The van der Waals surface area contributed by atoms with Crippen molar-refractivity contribution >= 4 is 44.8 Å². The molecule has 0 radical (unpaired) electrons. The van der Waals surface area contributed by atoms with E-state index in [1.807, 2.05) is 25.1 Å². The second-order valence-electron chi connectivity index (χ2n) is 6.89. The molecule has 0 unspecified atom stereocenters. The Balaban J connectivity index is 1.89. The maximum absolute atomic E-state index is 13.3. The first-order valence-corrected chi connectivity index (χ1v) is 11.9. The quantitative estimate of drug-likeness (QED) is 0.474. The molecule has 0 heterocycles. The van der Waals surface area contributed by atoms with Gasteiger partial charge in [0.25, 0.3) is 0 Å². The molecule has 8 heteroatoms. The Labute approximate surface area is 192 Å². The molecule has 0 bridgehead atoms. The number of nitrogens with zero attached hydrogens (tertiary/aromatic N) is 1. The predicted octanol–water partition coefficient (Wildman–Crippen LogP) is 5.39. The fourth-order valence-corrected chi connectivity index (χ4v) is 4.84. The van der Waals surface area contributed by atoms with Crippen molar-refractivity contribution in [3.63, 3.8) is 0 Å². The summed E-state index contributed by atoms with van der Waals surface area (Å²) >= 11 is 12.1. The molecule has 162 valence electrons. The van der Waals surface area contributed by atoms with Gasteiger partial charge in [-0.25, -0.2) is 8.42 Å². The molecule has 0 aromatic heterocycles. The highest BCUT2D eigenvalue weighted by Gasteiger charge is 2.27. The lowest BCUT2D eigenvalue weighted by Crippen LogP contribution is -2.37. The Morgan fingerprint density at radius 3 is 2.29 bits per heavy atom. The third-order valence-corrected chi connectivity index (χ3v) is 7.26. The number of anilines is 1. The van der Waals surface area contributed by atoms with Crippen LogP contribution in [0.25, 0.3) is 0 Å². The molecule has 0 saturated heterocycles. The standard InChI is InChI=1S/C23H22Cl2N2O3S/c1-2-18-8-6-7-11-22(18)26-23(28)16-27(15-17-12-13-20(24)21(25)14-17)31(29,30)19-9-4-3-5-10-19/h3-14H,2,15-16H2,1H3,(H,26,28). The van der Waals surface area contributed by atoms with Crippen LogP contribution in [-0.4, -0.2) is 25.2 Å². The van der Waals surface area contributed by atoms with E-state index in [0.29, 0.717) is 21.3 Å². The van der Waals surface area contributed by atoms with Crippen LogP contribution >= 0.6 is 23.2 Å². The molecule has 5 nitrogen and oxygen atoms in total.